The minimum absolute atomic E-state index is 0.0923. The molecule has 2 aromatic rings. The van der Waals surface area contributed by atoms with Gasteiger partial charge in [0, 0.05) is 17.1 Å². The first-order valence-electron chi connectivity index (χ1n) is 6.36. The van der Waals surface area contributed by atoms with Crippen molar-refractivity contribution in [1.29, 1.82) is 0 Å². The molecule has 2 rings (SSSR count). The summed E-state index contributed by atoms with van der Waals surface area (Å²) in [4.78, 5) is 0. The Morgan fingerprint density at radius 3 is 2.58 bits per heavy atom. The molecule has 0 amide bonds. The van der Waals surface area contributed by atoms with Crippen LogP contribution in [0.5, 0.6) is 0 Å². The Balaban J connectivity index is 1.98. The summed E-state index contributed by atoms with van der Waals surface area (Å²) < 4.78 is 1.10. The summed E-state index contributed by atoms with van der Waals surface area (Å²) >= 11 is 3.49. The summed E-state index contributed by atoms with van der Waals surface area (Å²) in [5.74, 6) is 0. The molecule has 2 nitrogen and oxygen atoms in total. The van der Waals surface area contributed by atoms with Crippen LogP contribution in [0, 0.1) is 0 Å². The van der Waals surface area contributed by atoms with Crippen LogP contribution in [0.4, 0.5) is 0 Å². The van der Waals surface area contributed by atoms with Crippen molar-refractivity contribution in [1.82, 2.24) is 5.32 Å². The molecule has 19 heavy (non-hydrogen) atoms. The Bertz CT molecular complexity index is 542. The maximum absolute atomic E-state index is 9.12. The van der Waals surface area contributed by atoms with Gasteiger partial charge in [-0.15, -0.1) is 0 Å². The molecule has 0 fully saturated rings. The van der Waals surface area contributed by atoms with E-state index in [9.17, 15) is 0 Å². The minimum Gasteiger partial charge on any atom is -0.392 e. The molecule has 0 radical (unpaired) electrons. The molecule has 3 heteroatoms. The Morgan fingerprint density at radius 1 is 1.11 bits per heavy atom. The minimum atomic E-state index is 0.0923. The number of aliphatic hydroxyl groups is 1. The van der Waals surface area contributed by atoms with Crippen LogP contribution in [-0.2, 0) is 13.2 Å². The van der Waals surface area contributed by atoms with Crippen LogP contribution in [0.25, 0.3) is 0 Å². The van der Waals surface area contributed by atoms with Gasteiger partial charge in [0.15, 0.2) is 0 Å². The zero-order valence-corrected chi connectivity index (χ0v) is 12.5. The van der Waals surface area contributed by atoms with E-state index in [0.29, 0.717) is 0 Å². The van der Waals surface area contributed by atoms with Gasteiger partial charge in [-0.25, -0.2) is 0 Å². The second-order valence-corrected chi connectivity index (χ2v) is 5.55. The maximum atomic E-state index is 9.12. The lowest BCUT2D eigenvalue weighted by Gasteiger charge is -2.15. The molecule has 0 spiro atoms. The summed E-state index contributed by atoms with van der Waals surface area (Å²) in [5.41, 5.74) is 3.40. The molecule has 0 saturated carbocycles. The summed E-state index contributed by atoms with van der Waals surface area (Å²) in [6.07, 6.45) is 0. The highest BCUT2D eigenvalue weighted by Crippen LogP contribution is 2.18. The van der Waals surface area contributed by atoms with Crippen molar-refractivity contribution in [3.63, 3.8) is 0 Å². The van der Waals surface area contributed by atoms with Crippen molar-refractivity contribution < 1.29 is 5.11 Å². The number of nitrogens with one attached hydrogen (secondary N) is 1. The lowest BCUT2D eigenvalue weighted by molar-refractivity contribution is 0.281. The molecule has 2 aromatic carbocycles. The van der Waals surface area contributed by atoms with Gasteiger partial charge in [-0.3, -0.25) is 0 Å². The summed E-state index contributed by atoms with van der Waals surface area (Å²) in [6, 6.07) is 16.6. The van der Waals surface area contributed by atoms with Crippen molar-refractivity contribution in [2.45, 2.75) is 26.1 Å². The van der Waals surface area contributed by atoms with Gasteiger partial charge in [-0.05, 0) is 35.7 Å². The van der Waals surface area contributed by atoms with Crippen LogP contribution in [0.2, 0.25) is 0 Å². The molecule has 0 aromatic heterocycles. The number of aliphatic hydroxyl groups excluding tert-OH is 1. The lowest BCUT2D eigenvalue weighted by Crippen LogP contribution is -2.18. The van der Waals surface area contributed by atoms with Gasteiger partial charge in [0.1, 0.15) is 0 Å². The third kappa shape index (κ3) is 4.16. The largest absolute Gasteiger partial charge is 0.392 e. The van der Waals surface area contributed by atoms with Gasteiger partial charge in [0.2, 0.25) is 0 Å². The maximum Gasteiger partial charge on any atom is 0.0681 e. The van der Waals surface area contributed by atoms with E-state index in [-0.39, 0.29) is 12.6 Å². The quantitative estimate of drug-likeness (QED) is 0.878. The van der Waals surface area contributed by atoms with Crippen molar-refractivity contribution in [3.8, 4) is 0 Å². The second-order valence-electron chi connectivity index (χ2n) is 4.64. The topological polar surface area (TPSA) is 32.3 Å². The zero-order valence-electron chi connectivity index (χ0n) is 10.9. The highest BCUT2D eigenvalue weighted by Gasteiger charge is 2.05. The zero-order chi connectivity index (χ0) is 13.7. The van der Waals surface area contributed by atoms with Crippen LogP contribution in [0.1, 0.15) is 29.7 Å². The molecule has 0 aliphatic rings. The van der Waals surface area contributed by atoms with Gasteiger partial charge in [-0.1, -0.05) is 52.3 Å². The average Bonchev–Trinajstić information content (AvgIpc) is 2.45. The van der Waals surface area contributed by atoms with Crippen molar-refractivity contribution in [2.75, 3.05) is 0 Å². The fourth-order valence-electron chi connectivity index (χ4n) is 2.00. The van der Waals surface area contributed by atoms with E-state index in [1.165, 1.54) is 11.1 Å². The van der Waals surface area contributed by atoms with E-state index in [0.717, 1.165) is 16.6 Å². The van der Waals surface area contributed by atoms with Crippen molar-refractivity contribution >= 4 is 15.9 Å². The van der Waals surface area contributed by atoms with Crippen LogP contribution < -0.4 is 5.32 Å². The smallest absolute Gasteiger partial charge is 0.0681 e. The lowest BCUT2D eigenvalue weighted by atomic mass is 10.1. The third-order valence-electron chi connectivity index (χ3n) is 3.14. The fourth-order valence-corrected chi connectivity index (χ4v) is 2.42. The third-order valence-corrected chi connectivity index (χ3v) is 3.63. The first-order valence-corrected chi connectivity index (χ1v) is 7.16. The SMILES string of the molecule is CC(NCc1cccc(CO)c1)c1cccc(Br)c1. The highest BCUT2D eigenvalue weighted by molar-refractivity contribution is 9.10. The Labute approximate surface area is 122 Å². The molecule has 2 N–H and O–H groups in total. The molecule has 1 atom stereocenters. The molecule has 100 valence electrons. The highest BCUT2D eigenvalue weighted by atomic mass is 79.9. The van der Waals surface area contributed by atoms with Crippen molar-refractivity contribution in [3.05, 3.63) is 69.7 Å². The van der Waals surface area contributed by atoms with E-state index in [4.69, 9.17) is 5.11 Å². The fraction of sp³-hybridized carbons (Fsp3) is 0.250. The van der Waals surface area contributed by atoms with Crippen LogP contribution >= 0.6 is 15.9 Å². The van der Waals surface area contributed by atoms with Gasteiger partial charge in [0.05, 0.1) is 6.61 Å². The predicted octanol–water partition coefficient (Wildman–Crippen LogP) is 3.79. The second kappa shape index (κ2) is 6.85. The van der Waals surface area contributed by atoms with E-state index in [1.807, 2.05) is 30.3 Å². The number of hydrogen-bond acceptors (Lipinski definition) is 2. The summed E-state index contributed by atoms with van der Waals surface area (Å²) in [6.45, 7) is 3.04. The molecule has 0 heterocycles. The molecule has 0 saturated heterocycles. The van der Waals surface area contributed by atoms with Gasteiger partial charge in [-0.2, -0.15) is 0 Å². The molecule has 1 unspecified atom stereocenters. The summed E-state index contributed by atoms with van der Waals surface area (Å²) in [5, 5.41) is 12.6. The monoisotopic (exact) mass is 319 g/mol. The summed E-state index contributed by atoms with van der Waals surface area (Å²) in [7, 11) is 0. The Hall–Kier alpha value is -1.16. The van der Waals surface area contributed by atoms with Crippen LogP contribution in [0.15, 0.2) is 53.0 Å². The van der Waals surface area contributed by atoms with Crippen LogP contribution in [0.3, 0.4) is 0 Å². The first kappa shape index (κ1) is 14.3. The molecule has 0 aliphatic heterocycles. The van der Waals surface area contributed by atoms with Gasteiger partial charge < -0.3 is 10.4 Å². The Kier molecular flexibility index (Phi) is 5.14. The molecular weight excluding hydrogens is 302 g/mol. The standard InChI is InChI=1S/C16H18BrNO/c1-12(15-6-3-7-16(17)9-15)18-10-13-4-2-5-14(8-13)11-19/h2-9,12,18-19H,10-11H2,1H3. The number of benzene rings is 2. The average molecular weight is 320 g/mol. The molecule has 0 aliphatic carbocycles. The van der Waals surface area contributed by atoms with E-state index >= 15 is 0 Å². The molecule has 0 bridgehead atoms. The molecular formula is C16H18BrNO. The van der Waals surface area contributed by atoms with Crippen LogP contribution in [-0.4, -0.2) is 5.11 Å². The van der Waals surface area contributed by atoms with E-state index < -0.39 is 0 Å². The number of hydrogen-bond donors (Lipinski definition) is 2. The number of rotatable bonds is 5. The predicted molar refractivity (Wildman–Crippen MR) is 81.8 cm³/mol. The number of halogens is 1. The van der Waals surface area contributed by atoms with E-state index in [1.54, 1.807) is 0 Å². The van der Waals surface area contributed by atoms with Gasteiger partial charge in [0.25, 0.3) is 0 Å². The van der Waals surface area contributed by atoms with E-state index in [2.05, 4.69) is 46.4 Å². The van der Waals surface area contributed by atoms with Crippen molar-refractivity contribution in [2.24, 2.45) is 0 Å². The Morgan fingerprint density at radius 2 is 1.84 bits per heavy atom. The first-order chi connectivity index (χ1) is 9.19. The van der Waals surface area contributed by atoms with Gasteiger partial charge >= 0.3 is 0 Å². The normalized spacial score (nSPS) is 12.4.